The first kappa shape index (κ1) is 17.2. The maximum Gasteiger partial charge on any atom is 0.163 e. The molecule has 0 unspecified atom stereocenters. The van der Waals surface area contributed by atoms with Crippen molar-refractivity contribution in [3.63, 3.8) is 0 Å². The first-order valence-corrected chi connectivity index (χ1v) is 9.58. The molecule has 1 fully saturated rings. The number of benzene rings is 1. The number of aromatic hydroxyl groups is 1. The van der Waals surface area contributed by atoms with Crippen LogP contribution in [0.25, 0.3) is 5.52 Å². The number of phenols is 1. The van der Waals surface area contributed by atoms with E-state index in [1.54, 1.807) is 13.4 Å². The van der Waals surface area contributed by atoms with Gasteiger partial charge in [-0.1, -0.05) is 6.07 Å². The molecule has 0 saturated carbocycles. The molecule has 4 heterocycles. The average molecular weight is 381 g/mol. The van der Waals surface area contributed by atoms with E-state index in [1.807, 2.05) is 23.6 Å². The highest BCUT2D eigenvalue weighted by molar-refractivity contribution is 5.73. The number of aryl methyl sites for hydroxylation is 1. The molecule has 2 aliphatic heterocycles. The maximum atomic E-state index is 10.6. The van der Waals surface area contributed by atoms with E-state index < -0.39 is 0 Å². The van der Waals surface area contributed by atoms with Gasteiger partial charge >= 0.3 is 0 Å². The van der Waals surface area contributed by atoms with E-state index >= 15 is 0 Å². The van der Waals surface area contributed by atoms with Crippen LogP contribution in [0.3, 0.4) is 0 Å². The van der Waals surface area contributed by atoms with Gasteiger partial charge in [0.25, 0.3) is 0 Å². The third kappa shape index (κ3) is 2.59. The Bertz CT molecular complexity index is 1040. The van der Waals surface area contributed by atoms with Crippen molar-refractivity contribution in [1.82, 2.24) is 19.6 Å². The van der Waals surface area contributed by atoms with Crippen LogP contribution >= 0.6 is 0 Å². The molecule has 0 spiro atoms. The van der Waals surface area contributed by atoms with Gasteiger partial charge in [0.15, 0.2) is 17.3 Å². The van der Waals surface area contributed by atoms with E-state index in [0.29, 0.717) is 18.9 Å². The molecule has 1 saturated heterocycles. The molecule has 0 radical (unpaired) electrons. The summed E-state index contributed by atoms with van der Waals surface area (Å²) in [5, 5.41) is 15.0. The Morgan fingerprint density at radius 2 is 2.21 bits per heavy atom. The van der Waals surface area contributed by atoms with Gasteiger partial charge in [0.05, 0.1) is 19.4 Å². The SMILES string of the molecule is COc1ccc2c(c1O)CN(c1ncnn3c(C)nc([C@@H]4CCOC4)c13)CC2. The van der Waals surface area contributed by atoms with Crippen molar-refractivity contribution in [1.29, 1.82) is 0 Å². The molecule has 28 heavy (non-hydrogen) atoms. The van der Waals surface area contributed by atoms with E-state index in [4.69, 9.17) is 14.5 Å². The number of nitrogens with zero attached hydrogens (tertiary/aromatic N) is 5. The van der Waals surface area contributed by atoms with Gasteiger partial charge in [0.2, 0.25) is 0 Å². The van der Waals surface area contributed by atoms with Gasteiger partial charge in [-0.05, 0) is 31.4 Å². The lowest BCUT2D eigenvalue weighted by Crippen LogP contribution is -2.31. The zero-order chi connectivity index (χ0) is 19.3. The van der Waals surface area contributed by atoms with Crippen LogP contribution in [-0.4, -0.2) is 51.6 Å². The van der Waals surface area contributed by atoms with Crippen LogP contribution in [-0.2, 0) is 17.7 Å². The van der Waals surface area contributed by atoms with Crippen molar-refractivity contribution in [3.8, 4) is 11.5 Å². The lowest BCUT2D eigenvalue weighted by Gasteiger charge is -2.31. The lowest BCUT2D eigenvalue weighted by atomic mass is 9.98. The van der Waals surface area contributed by atoms with Gasteiger partial charge in [-0.25, -0.2) is 14.5 Å². The van der Waals surface area contributed by atoms with Crippen molar-refractivity contribution in [2.45, 2.75) is 32.2 Å². The summed E-state index contributed by atoms with van der Waals surface area (Å²) < 4.78 is 12.8. The molecule has 3 aromatic rings. The predicted octanol–water partition coefficient (Wildman–Crippen LogP) is 2.21. The molecule has 1 N–H and O–H groups in total. The normalized spacial score (nSPS) is 19.2. The van der Waals surface area contributed by atoms with Crippen molar-refractivity contribution in [2.24, 2.45) is 0 Å². The van der Waals surface area contributed by atoms with Gasteiger partial charge in [-0.2, -0.15) is 5.10 Å². The fourth-order valence-corrected chi connectivity index (χ4v) is 4.29. The second-order valence-electron chi connectivity index (χ2n) is 7.37. The average Bonchev–Trinajstić information content (AvgIpc) is 3.36. The Morgan fingerprint density at radius 3 is 3.00 bits per heavy atom. The molecule has 0 bridgehead atoms. The molecular formula is C20H23N5O3. The molecule has 8 heteroatoms. The predicted molar refractivity (Wildman–Crippen MR) is 103 cm³/mol. The Labute approximate surface area is 162 Å². The molecule has 2 aromatic heterocycles. The lowest BCUT2D eigenvalue weighted by molar-refractivity contribution is 0.193. The number of rotatable bonds is 3. The summed E-state index contributed by atoms with van der Waals surface area (Å²) in [4.78, 5) is 11.6. The Morgan fingerprint density at radius 1 is 1.32 bits per heavy atom. The van der Waals surface area contributed by atoms with Crippen LogP contribution < -0.4 is 9.64 Å². The van der Waals surface area contributed by atoms with Crippen LogP contribution in [0.1, 0.15) is 35.0 Å². The highest BCUT2D eigenvalue weighted by Crippen LogP contribution is 2.38. The van der Waals surface area contributed by atoms with Crippen molar-refractivity contribution >= 4 is 11.3 Å². The fraction of sp³-hybridized carbons (Fsp3) is 0.450. The molecular weight excluding hydrogens is 358 g/mol. The molecule has 1 aromatic carbocycles. The highest BCUT2D eigenvalue weighted by Gasteiger charge is 2.29. The zero-order valence-corrected chi connectivity index (χ0v) is 16.1. The minimum absolute atomic E-state index is 0.212. The summed E-state index contributed by atoms with van der Waals surface area (Å²) in [6.45, 7) is 4.79. The Kier molecular flexibility index (Phi) is 4.08. The van der Waals surface area contributed by atoms with Crippen LogP contribution in [0, 0.1) is 6.92 Å². The van der Waals surface area contributed by atoms with Crippen LogP contribution in [0.2, 0.25) is 0 Å². The molecule has 8 nitrogen and oxygen atoms in total. The van der Waals surface area contributed by atoms with Gasteiger partial charge in [0, 0.05) is 31.2 Å². The van der Waals surface area contributed by atoms with E-state index in [1.165, 1.54) is 0 Å². The van der Waals surface area contributed by atoms with Crippen LogP contribution in [0.15, 0.2) is 18.5 Å². The van der Waals surface area contributed by atoms with E-state index in [-0.39, 0.29) is 11.7 Å². The summed E-state index contributed by atoms with van der Waals surface area (Å²) in [5.41, 5.74) is 3.99. The first-order valence-electron chi connectivity index (χ1n) is 9.58. The van der Waals surface area contributed by atoms with Gasteiger partial charge in [-0.3, -0.25) is 0 Å². The molecule has 1 atom stereocenters. The Hall–Kier alpha value is -2.87. The Balaban J connectivity index is 1.60. The quantitative estimate of drug-likeness (QED) is 0.744. The fourth-order valence-electron chi connectivity index (χ4n) is 4.29. The third-order valence-corrected chi connectivity index (χ3v) is 5.78. The van der Waals surface area contributed by atoms with Gasteiger partial charge in [-0.15, -0.1) is 0 Å². The van der Waals surface area contributed by atoms with E-state index in [0.717, 1.165) is 60.0 Å². The summed E-state index contributed by atoms with van der Waals surface area (Å²) in [5.74, 6) is 2.67. The summed E-state index contributed by atoms with van der Waals surface area (Å²) in [6.07, 6.45) is 3.37. The van der Waals surface area contributed by atoms with E-state index in [2.05, 4.69) is 15.0 Å². The van der Waals surface area contributed by atoms with Crippen molar-refractivity contribution in [2.75, 3.05) is 31.8 Å². The molecule has 0 aliphatic carbocycles. The van der Waals surface area contributed by atoms with E-state index in [9.17, 15) is 5.11 Å². The number of anilines is 1. The van der Waals surface area contributed by atoms with Gasteiger partial charge in [0.1, 0.15) is 17.7 Å². The first-order chi connectivity index (χ1) is 13.7. The number of hydrogen-bond donors (Lipinski definition) is 1. The van der Waals surface area contributed by atoms with Crippen molar-refractivity contribution < 1.29 is 14.6 Å². The highest BCUT2D eigenvalue weighted by atomic mass is 16.5. The number of ether oxygens (including phenoxy) is 2. The largest absolute Gasteiger partial charge is 0.504 e. The number of phenolic OH excluding ortho intramolecular Hbond substituents is 1. The minimum atomic E-state index is 0.212. The topological polar surface area (TPSA) is 85.0 Å². The number of imidazole rings is 1. The second-order valence-corrected chi connectivity index (χ2v) is 7.37. The standard InChI is InChI=1S/C20H23N5O3/c1-12-23-17(14-6-8-28-10-14)18-20(21-11-22-25(12)18)24-7-5-13-3-4-16(27-2)19(26)15(13)9-24/h3-4,11,14,26H,5-10H2,1-2H3/t14-/m1/s1. The summed E-state index contributed by atoms with van der Waals surface area (Å²) >= 11 is 0. The number of hydrogen-bond acceptors (Lipinski definition) is 7. The van der Waals surface area contributed by atoms with Crippen LogP contribution in [0.5, 0.6) is 11.5 Å². The minimum Gasteiger partial charge on any atom is -0.504 e. The van der Waals surface area contributed by atoms with Crippen LogP contribution in [0.4, 0.5) is 5.82 Å². The molecule has 5 rings (SSSR count). The number of aromatic nitrogens is 4. The van der Waals surface area contributed by atoms with Crippen molar-refractivity contribution in [3.05, 3.63) is 41.1 Å². The monoisotopic (exact) mass is 381 g/mol. The second kappa shape index (κ2) is 6.63. The molecule has 0 amide bonds. The molecule has 2 aliphatic rings. The summed E-state index contributed by atoms with van der Waals surface area (Å²) in [7, 11) is 1.57. The smallest absolute Gasteiger partial charge is 0.163 e. The van der Waals surface area contributed by atoms with Gasteiger partial charge < -0.3 is 19.5 Å². The number of methoxy groups -OCH3 is 1. The zero-order valence-electron chi connectivity index (χ0n) is 16.1. The maximum absolute atomic E-state index is 10.6. The molecule has 146 valence electrons. The summed E-state index contributed by atoms with van der Waals surface area (Å²) in [6, 6.07) is 3.86. The third-order valence-electron chi connectivity index (χ3n) is 5.78. The number of fused-ring (bicyclic) bond motifs is 2.